The van der Waals surface area contributed by atoms with Crippen LogP contribution in [0.2, 0.25) is 0 Å². The largest absolute Gasteiger partial charge is 0.0714 e. The molecule has 0 nitrogen and oxygen atoms in total. The van der Waals surface area contributed by atoms with Crippen LogP contribution in [-0.2, 0) is 5.41 Å². The maximum atomic E-state index is 3.77. The van der Waals surface area contributed by atoms with E-state index in [4.69, 9.17) is 0 Å². The molecule has 0 N–H and O–H groups in total. The Morgan fingerprint density at radius 2 is 1.03 bits per heavy atom. The predicted molar refractivity (Wildman–Crippen MR) is 159 cm³/mol. The van der Waals surface area contributed by atoms with E-state index in [1.165, 1.54) is 61.2 Å². The van der Waals surface area contributed by atoms with E-state index in [2.05, 4.69) is 156 Å². The Morgan fingerprint density at radius 3 is 1.64 bits per heavy atom. The van der Waals surface area contributed by atoms with E-state index in [1.54, 1.807) is 0 Å². The Hall–Kier alpha value is -2.94. The van der Waals surface area contributed by atoms with Crippen LogP contribution in [0.3, 0.4) is 0 Å². The molecule has 0 radical (unpaired) electrons. The highest BCUT2D eigenvalue weighted by Gasteiger charge is 2.47. The Kier molecular flexibility index (Phi) is 5.78. The van der Waals surface area contributed by atoms with Crippen molar-refractivity contribution in [2.75, 3.05) is 0 Å². The van der Waals surface area contributed by atoms with Crippen molar-refractivity contribution in [3.8, 4) is 22.3 Å². The van der Waals surface area contributed by atoms with Gasteiger partial charge in [0.15, 0.2) is 0 Å². The fourth-order valence-corrected chi connectivity index (χ4v) is 7.17. The zero-order valence-corrected chi connectivity index (χ0v) is 23.7. The second-order valence-corrected chi connectivity index (χ2v) is 11.6. The van der Waals surface area contributed by atoms with E-state index in [0.717, 1.165) is 8.95 Å². The number of halogens is 2. The second kappa shape index (κ2) is 8.87. The van der Waals surface area contributed by atoms with E-state index in [9.17, 15) is 0 Å². The first kappa shape index (κ1) is 23.5. The molecular formula is C34H26Br2. The van der Waals surface area contributed by atoms with Crippen LogP contribution in [0.5, 0.6) is 0 Å². The van der Waals surface area contributed by atoms with Gasteiger partial charge in [0.1, 0.15) is 0 Å². The molecule has 5 aromatic rings. The lowest BCUT2D eigenvalue weighted by atomic mass is 9.67. The maximum Gasteiger partial charge on any atom is 0.0714 e. The summed E-state index contributed by atoms with van der Waals surface area (Å²) in [5.74, 6) is 0. The fourth-order valence-electron chi connectivity index (χ4n) is 6.37. The molecule has 0 bridgehead atoms. The predicted octanol–water partition coefficient (Wildman–Crippen LogP) is 10.2. The summed E-state index contributed by atoms with van der Waals surface area (Å²) in [5.41, 5.74) is 14.0. The molecule has 6 rings (SSSR count). The van der Waals surface area contributed by atoms with Crippen molar-refractivity contribution in [3.63, 3.8) is 0 Å². The first-order chi connectivity index (χ1) is 17.4. The zero-order valence-electron chi connectivity index (χ0n) is 20.6. The maximum absolute atomic E-state index is 3.77. The summed E-state index contributed by atoms with van der Waals surface area (Å²) in [6, 6.07) is 38.1. The van der Waals surface area contributed by atoms with Crippen molar-refractivity contribution >= 4 is 31.9 Å². The summed E-state index contributed by atoms with van der Waals surface area (Å²) in [4.78, 5) is 0. The van der Waals surface area contributed by atoms with Crippen LogP contribution in [0.25, 0.3) is 22.3 Å². The Labute approximate surface area is 230 Å². The standard InChI is InChI=1S/C34H26Br2/c1-21-17-22(2)32(23(3)18-21)29-14-8-16-31-33(29)28-13-4-5-15-30(28)34(31,24-9-6-11-26(35)19-24)25-10-7-12-27(36)20-25/h4-20H,1-3H3. The van der Waals surface area contributed by atoms with E-state index in [0.29, 0.717) is 0 Å². The van der Waals surface area contributed by atoms with Crippen molar-refractivity contribution in [1.82, 2.24) is 0 Å². The normalized spacial score (nSPS) is 13.4. The SMILES string of the molecule is Cc1cc(C)c(-c2cccc3c2-c2ccccc2C3(c2cccc(Br)c2)c2cccc(Br)c2)c(C)c1. The average molecular weight is 594 g/mol. The number of rotatable bonds is 3. The highest BCUT2D eigenvalue weighted by molar-refractivity contribution is 9.10. The van der Waals surface area contributed by atoms with Gasteiger partial charge >= 0.3 is 0 Å². The van der Waals surface area contributed by atoms with Crippen LogP contribution < -0.4 is 0 Å². The van der Waals surface area contributed by atoms with Gasteiger partial charge in [-0.15, -0.1) is 0 Å². The molecule has 0 aliphatic heterocycles. The molecule has 0 saturated carbocycles. The van der Waals surface area contributed by atoms with Crippen LogP contribution >= 0.6 is 31.9 Å². The Bertz CT molecular complexity index is 1570. The fraction of sp³-hybridized carbons (Fsp3) is 0.118. The van der Waals surface area contributed by atoms with E-state index >= 15 is 0 Å². The molecule has 0 unspecified atom stereocenters. The molecule has 2 heteroatoms. The van der Waals surface area contributed by atoms with E-state index < -0.39 is 5.41 Å². The van der Waals surface area contributed by atoms with E-state index in [-0.39, 0.29) is 0 Å². The molecule has 5 aromatic carbocycles. The molecule has 0 aromatic heterocycles. The monoisotopic (exact) mass is 592 g/mol. The Morgan fingerprint density at radius 1 is 0.500 bits per heavy atom. The third-order valence-corrected chi connectivity index (χ3v) is 8.52. The highest BCUT2D eigenvalue weighted by atomic mass is 79.9. The van der Waals surface area contributed by atoms with Gasteiger partial charge in [-0.3, -0.25) is 0 Å². The minimum absolute atomic E-state index is 0.429. The lowest BCUT2D eigenvalue weighted by molar-refractivity contribution is 0.767. The Balaban J connectivity index is 1.80. The molecule has 0 spiro atoms. The number of fused-ring (bicyclic) bond motifs is 3. The number of hydrogen-bond acceptors (Lipinski definition) is 0. The van der Waals surface area contributed by atoms with Crippen molar-refractivity contribution < 1.29 is 0 Å². The van der Waals surface area contributed by atoms with Gasteiger partial charge in [0.05, 0.1) is 5.41 Å². The molecule has 1 aliphatic rings. The van der Waals surface area contributed by atoms with E-state index in [1.807, 2.05) is 0 Å². The van der Waals surface area contributed by atoms with Gasteiger partial charge < -0.3 is 0 Å². The first-order valence-corrected chi connectivity index (χ1v) is 13.8. The zero-order chi connectivity index (χ0) is 25.0. The van der Waals surface area contributed by atoms with Gasteiger partial charge in [0.2, 0.25) is 0 Å². The molecule has 0 fully saturated rings. The molecular weight excluding hydrogens is 568 g/mol. The van der Waals surface area contributed by atoms with Gasteiger partial charge in [-0.05, 0) is 101 Å². The van der Waals surface area contributed by atoms with Crippen LogP contribution in [0.1, 0.15) is 38.9 Å². The lowest BCUT2D eigenvalue weighted by Crippen LogP contribution is -2.28. The van der Waals surface area contributed by atoms with Crippen LogP contribution in [0.15, 0.2) is 112 Å². The second-order valence-electron chi connectivity index (χ2n) is 9.82. The quantitative estimate of drug-likeness (QED) is 0.191. The number of hydrogen-bond donors (Lipinski definition) is 0. The molecule has 1 aliphatic carbocycles. The summed E-state index contributed by atoms with van der Waals surface area (Å²) in [6.07, 6.45) is 0. The average Bonchev–Trinajstić information content (AvgIpc) is 3.15. The molecule has 0 heterocycles. The van der Waals surface area contributed by atoms with Crippen LogP contribution in [0, 0.1) is 20.8 Å². The van der Waals surface area contributed by atoms with Crippen molar-refractivity contribution in [2.24, 2.45) is 0 Å². The molecule has 0 saturated heterocycles. The highest BCUT2D eigenvalue weighted by Crippen LogP contribution is 2.58. The van der Waals surface area contributed by atoms with Gasteiger partial charge in [0.25, 0.3) is 0 Å². The summed E-state index contributed by atoms with van der Waals surface area (Å²) >= 11 is 7.54. The van der Waals surface area contributed by atoms with Gasteiger partial charge in [-0.1, -0.05) is 116 Å². The lowest BCUT2D eigenvalue weighted by Gasteiger charge is -2.34. The number of aryl methyl sites for hydroxylation is 3. The topological polar surface area (TPSA) is 0 Å². The summed E-state index contributed by atoms with van der Waals surface area (Å²) in [6.45, 7) is 6.66. The van der Waals surface area contributed by atoms with Crippen LogP contribution in [0.4, 0.5) is 0 Å². The molecule has 36 heavy (non-hydrogen) atoms. The third kappa shape index (κ3) is 3.46. The minimum atomic E-state index is -0.429. The molecule has 0 amide bonds. The molecule has 0 atom stereocenters. The third-order valence-electron chi connectivity index (χ3n) is 7.53. The minimum Gasteiger partial charge on any atom is -0.0619 e. The van der Waals surface area contributed by atoms with Gasteiger partial charge in [0, 0.05) is 8.95 Å². The van der Waals surface area contributed by atoms with Crippen molar-refractivity contribution in [2.45, 2.75) is 26.2 Å². The summed E-state index contributed by atoms with van der Waals surface area (Å²) in [7, 11) is 0. The summed E-state index contributed by atoms with van der Waals surface area (Å²) < 4.78 is 2.17. The summed E-state index contributed by atoms with van der Waals surface area (Å²) in [5, 5.41) is 0. The first-order valence-electron chi connectivity index (χ1n) is 12.2. The number of benzene rings is 5. The van der Waals surface area contributed by atoms with Crippen molar-refractivity contribution in [3.05, 3.63) is 151 Å². The van der Waals surface area contributed by atoms with Gasteiger partial charge in [-0.2, -0.15) is 0 Å². The van der Waals surface area contributed by atoms with Crippen molar-refractivity contribution in [1.29, 1.82) is 0 Å². The van der Waals surface area contributed by atoms with Gasteiger partial charge in [-0.25, -0.2) is 0 Å². The smallest absolute Gasteiger partial charge is 0.0619 e. The van der Waals surface area contributed by atoms with Crippen LogP contribution in [-0.4, -0.2) is 0 Å². The molecule has 176 valence electrons.